The van der Waals surface area contributed by atoms with Crippen LogP contribution in [0.15, 0.2) is 24.5 Å². The van der Waals surface area contributed by atoms with Crippen molar-refractivity contribution in [3.8, 4) is 11.5 Å². The average Bonchev–Trinajstić information content (AvgIpc) is 3.04. The van der Waals surface area contributed by atoms with Crippen LogP contribution in [-0.4, -0.2) is 31.5 Å². The van der Waals surface area contributed by atoms with Crippen LogP contribution in [0.25, 0.3) is 11.5 Å². The van der Waals surface area contributed by atoms with E-state index < -0.39 is 11.7 Å². The van der Waals surface area contributed by atoms with Crippen molar-refractivity contribution in [1.29, 1.82) is 0 Å². The molecule has 8 heteroatoms. The summed E-state index contributed by atoms with van der Waals surface area (Å²) in [6.07, 6.45) is -1.12. The summed E-state index contributed by atoms with van der Waals surface area (Å²) in [7, 11) is 1.72. The zero-order valence-corrected chi connectivity index (χ0v) is 10.6. The van der Waals surface area contributed by atoms with Crippen molar-refractivity contribution < 1.29 is 13.2 Å². The van der Waals surface area contributed by atoms with Gasteiger partial charge in [0.2, 0.25) is 0 Å². The van der Waals surface area contributed by atoms with Gasteiger partial charge in [0.25, 0.3) is 0 Å². The van der Waals surface area contributed by atoms with Crippen molar-refractivity contribution >= 4 is 5.82 Å². The first-order valence-corrected chi connectivity index (χ1v) is 6.08. The third-order valence-corrected chi connectivity index (χ3v) is 3.37. The van der Waals surface area contributed by atoms with Gasteiger partial charge in [-0.15, -0.1) is 0 Å². The van der Waals surface area contributed by atoms with Crippen LogP contribution in [0.5, 0.6) is 0 Å². The van der Waals surface area contributed by atoms with Gasteiger partial charge in [-0.05, 0) is 25.0 Å². The zero-order chi connectivity index (χ0) is 14.4. The highest BCUT2D eigenvalue weighted by Gasteiger charge is 2.63. The molecule has 1 N–H and O–H groups in total. The van der Waals surface area contributed by atoms with E-state index in [4.69, 9.17) is 0 Å². The molecule has 2 heterocycles. The summed E-state index contributed by atoms with van der Waals surface area (Å²) in [6, 6.07) is 3.14. The molecule has 1 fully saturated rings. The second kappa shape index (κ2) is 4.19. The first-order valence-electron chi connectivity index (χ1n) is 6.08. The van der Waals surface area contributed by atoms with Gasteiger partial charge < -0.3 is 5.32 Å². The van der Waals surface area contributed by atoms with Crippen molar-refractivity contribution in [3.63, 3.8) is 0 Å². The largest absolute Gasteiger partial charge is 0.411 e. The molecular formula is C12H12F3N5. The van der Waals surface area contributed by atoms with E-state index >= 15 is 0 Å². The molecule has 0 aromatic carbocycles. The number of hydrogen-bond acceptors (Lipinski definition) is 4. The Morgan fingerprint density at radius 2 is 2.00 bits per heavy atom. The Morgan fingerprint density at radius 1 is 1.25 bits per heavy atom. The van der Waals surface area contributed by atoms with Gasteiger partial charge in [0.15, 0.2) is 5.82 Å². The lowest BCUT2D eigenvalue weighted by Crippen LogP contribution is -2.38. The minimum atomic E-state index is -4.27. The number of alkyl halides is 3. The second-order valence-electron chi connectivity index (χ2n) is 4.81. The number of aromatic nitrogens is 4. The van der Waals surface area contributed by atoms with E-state index in [1.54, 1.807) is 24.0 Å². The SMILES string of the molecule is Cn1nccc1-c1nccc(NC2(C(F)(F)F)CC2)n1. The smallest absolute Gasteiger partial charge is 0.356 e. The first-order chi connectivity index (χ1) is 9.41. The van der Waals surface area contributed by atoms with Crippen LogP contribution in [0, 0.1) is 0 Å². The molecule has 0 atom stereocenters. The summed E-state index contributed by atoms with van der Waals surface area (Å²) < 4.78 is 40.3. The third-order valence-electron chi connectivity index (χ3n) is 3.37. The predicted octanol–water partition coefficient (Wildman–Crippen LogP) is 2.38. The van der Waals surface area contributed by atoms with Gasteiger partial charge in [-0.25, -0.2) is 9.97 Å². The van der Waals surface area contributed by atoms with Crippen molar-refractivity contribution in [2.75, 3.05) is 5.32 Å². The summed E-state index contributed by atoms with van der Waals surface area (Å²) in [5.74, 6) is 0.513. The number of halogens is 3. The molecule has 2 aromatic heterocycles. The lowest BCUT2D eigenvalue weighted by Gasteiger charge is -2.21. The molecule has 2 aromatic rings. The molecule has 1 saturated carbocycles. The summed E-state index contributed by atoms with van der Waals surface area (Å²) in [6.45, 7) is 0. The number of hydrogen-bond donors (Lipinski definition) is 1. The second-order valence-corrected chi connectivity index (χ2v) is 4.81. The minimum absolute atomic E-state index is 0.0710. The predicted molar refractivity (Wildman–Crippen MR) is 65.9 cm³/mol. The minimum Gasteiger partial charge on any atom is -0.356 e. The van der Waals surface area contributed by atoms with Crippen LogP contribution < -0.4 is 5.32 Å². The van der Waals surface area contributed by atoms with E-state index in [0.29, 0.717) is 11.5 Å². The highest BCUT2D eigenvalue weighted by Crippen LogP contribution is 2.50. The Kier molecular flexibility index (Phi) is 2.70. The number of aryl methyl sites for hydroxylation is 1. The molecule has 1 aliphatic rings. The first kappa shape index (κ1) is 12.9. The molecule has 0 bridgehead atoms. The van der Waals surface area contributed by atoms with Crippen molar-refractivity contribution in [2.45, 2.75) is 24.6 Å². The Bertz CT molecular complexity index is 630. The van der Waals surface area contributed by atoms with Gasteiger partial charge in [-0.2, -0.15) is 18.3 Å². The van der Waals surface area contributed by atoms with Crippen LogP contribution in [-0.2, 0) is 7.05 Å². The number of nitrogens with zero attached hydrogens (tertiary/aromatic N) is 4. The van der Waals surface area contributed by atoms with E-state index in [9.17, 15) is 13.2 Å². The monoisotopic (exact) mass is 283 g/mol. The van der Waals surface area contributed by atoms with Gasteiger partial charge in [-0.3, -0.25) is 4.68 Å². The van der Waals surface area contributed by atoms with E-state index in [1.165, 1.54) is 12.3 Å². The van der Waals surface area contributed by atoms with E-state index in [1.807, 2.05) is 0 Å². The quantitative estimate of drug-likeness (QED) is 0.939. The van der Waals surface area contributed by atoms with Crippen molar-refractivity contribution in [2.24, 2.45) is 7.05 Å². The fraction of sp³-hybridized carbons (Fsp3) is 0.417. The Morgan fingerprint density at radius 3 is 2.55 bits per heavy atom. The number of nitrogens with one attached hydrogen (secondary N) is 1. The summed E-state index contributed by atoms with van der Waals surface area (Å²) in [5, 5.41) is 6.47. The van der Waals surface area contributed by atoms with Crippen molar-refractivity contribution in [3.05, 3.63) is 24.5 Å². The van der Waals surface area contributed by atoms with Gasteiger partial charge in [0.1, 0.15) is 17.1 Å². The van der Waals surface area contributed by atoms with Gasteiger partial charge in [0, 0.05) is 19.4 Å². The number of rotatable bonds is 3. The Hall–Kier alpha value is -2.12. The highest BCUT2D eigenvalue weighted by molar-refractivity contribution is 5.53. The lowest BCUT2D eigenvalue weighted by atomic mass is 10.2. The molecule has 1 aliphatic carbocycles. The molecule has 0 aliphatic heterocycles. The fourth-order valence-corrected chi connectivity index (χ4v) is 1.99. The Balaban J connectivity index is 1.88. The highest BCUT2D eigenvalue weighted by atomic mass is 19.4. The van der Waals surface area contributed by atoms with E-state index in [0.717, 1.165) is 0 Å². The normalized spacial score (nSPS) is 17.0. The van der Waals surface area contributed by atoms with Crippen LogP contribution in [0.2, 0.25) is 0 Å². The summed E-state index contributed by atoms with van der Waals surface area (Å²) in [5.41, 5.74) is -1.18. The summed E-state index contributed by atoms with van der Waals surface area (Å²) in [4.78, 5) is 8.19. The molecule has 106 valence electrons. The molecule has 3 rings (SSSR count). The molecule has 0 amide bonds. The summed E-state index contributed by atoms with van der Waals surface area (Å²) >= 11 is 0. The molecule has 0 spiro atoms. The molecule has 20 heavy (non-hydrogen) atoms. The topological polar surface area (TPSA) is 55.6 Å². The standard InChI is InChI=1S/C12H12F3N5/c1-20-8(2-7-17-20)10-16-6-3-9(18-10)19-11(4-5-11)12(13,14)15/h2-3,6-7H,4-5H2,1H3,(H,16,18,19). The third kappa shape index (κ3) is 2.10. The van der Waals surface area contributed by atoms with Gasteiger partial charge in [-0.1, -0.05) is 0 Å². The molecule has 5 nitrogen and oxygen atoms in total. The molecular weight excluding hydrogens is 271 g/mol. The average molecular weight is 283 g/mol. The molecule has 0 unspecified atom stereocenters. The van der Waals surface area contributed by atoms with Crippen LogP contribution in [0.4, 0.5) is 19.0 Å². The number of anilines is 1. The van der Waals surface area contributed by atoms with E-state index in [-0.39, 0.29) is 18.7 Å². The van der Waals surface area contributed by atoms with E-state index in [2.05, 4.69) is 20.4 Å². The molecule has 0 saturated heterocycles. The lowest BCUT2D eigenvalue weighted by molar-refractivity contribution is -0.151. The van der Waals surface area contributed by atoms with Gasteiger partial charge in [0.05, 0.1) is 0 Å². The zero-order valence-electron chi connectivity index (χ0n) is 10.6. The van der Waals surface area contributed by atoms with Crippen LogP contribution in [0.3, 0.4) is 0 Å². The maximum atomic E-state index is 12.9. The fourth-order valence-electron chi connectivity index (χ4n) is 1.99. The van der Waals surface area contributed by atoms with Crippen LogP contribution in [0.1, 0.15) is 12.8 Å². The molecule has 0 radical (unpaired) electrons. The van der Waals surface area contributed by atoms with Crippen molar-refractivity contribution in [1.82, 2.24) is 19.7 Å². The van der Waals surface area contributed by atoms with Gasteiger partial charge >= 0.3 is 6.18 Å². The maximum Gasteiger partial charge on any atom is 0.411 e. The van der Waals surface area contributed by atoms with Crippen LogP contribution >= 0.6 is 0 Å². The maximum absolute atomic E-state index is 12.9. The Labute approximate surface area is 112 Å².